The molecule has 0 saturated heterocycles. The van der Waals surface area contributed by atoms with Crippen molar-refractivity contribution in [3.63, 3.8) is 0 Å². The zero-order chi connectivity index (χ0) is 10.7. The summed E-state index contributed by atoms with van der Waals surface area (Å²) in [6.07, 6.45) is 3.39. The van der Waals surface area contributed by atoms with Gasteiger partial charge in [-0.25, -0.2) is 0 Å². The van der Waals surface area contributed by atoms with Crippen molar-refractivity contribution in [3.05, 3.63) is 47.7 Å². The van der Waals surface area contributed by atoms with Crippen molar-refractivity contribution in [1.82, 2.24) is 0 Å². The highest BCUT2D eigenvalue weighted by molar-refractivity contribution is 5.96. The fourth-order valence-electron chi connectivity index (χ4n) is 1.73. The zero-order valence-electron chi connectivity index (χ0n) is 8.77. The Morgan fingerprint density at radius 1 is 1.40 bits per heavy atom. The van der Waals surface area contributed by atoms with Gasteiger partial charge in [0.1, 0.15) is 6.10 Å². The average Bonchev–Trinajstić information content (AvgIpc) is 2.65. The molecule has 1 aliphatic heterocycles. The third kappa shape index (κ3) is 2.46. The van der Waals surface area contributed by atoms with Crippen LogP contribution in [0, 0.1) is 0 Å². The molecule has 78 valence electrons. The molecule has 2 heteroatoms. The smallest absolute Gasteiger partial charge is 0.166 e. The predicted molar refractivity (Wildman–Crippen MR) is 58.6 cm³/mol. The van der Waals surface area contributed by atoms with Gasteiger partial charge in [0, 0.05) is 18.4 Å². The van der Waals surface area contributed by atoms with Gasteiger partial charge < -0.3 is 4.74 Å². The first-order chi connectivity index (χ1) is 7.25. The number of carbonyl (C=O) groups is 1. The second-order valence-corrected chi connectivity index (χ2v) is 3.78. The summed E-state index contributed by atoms with van der Waals surface area (Å²) in [5, 5.41) is 0. The molecule has 0 amide bonds. The molecule has 0 aromatic heterocycles. The second kappa shape index (κ2) is 4.30. The molecular weight excluding hydrogens is 188 g/mol. The SMILES string of the molecule is CC1=CCC(CC(=O)c2ccccc2)O1. The first-order valence-electron chi connectivity index (χ1n) is 5.17. The largest absolute Gasteiger partial charge is 0.495 e. The van der Waals surface area contributed by atoms with Crippen molar-refractivity contribution in [2.45, 2.75) is 25.9 Å². The highest BCUT2D eigenvalue weighted by Crippen LogP contribution is 2.20. The number of rotatable bonds is 3. The van der Waals surface area contributed by atoms with Crippen molar-refractivity contribution >= 4 is 5.78 Å². The molecule has 0 spiro atoms. The molecule has 15 heavy (non-hydrogen) atoms. The Hall–Kier alpha value is -1.57. The fraction of sp³-hybridized carbons (Fsp3) is 0.308. The van der Waals surface area contributed by atoms with Gasteiger partial charge in [-0.05, 0) is 13.0 Å². The topological polar surface area (TPSA) is 26.3 Å². The molecule has 0 N–H and O–H groups in total. The van der Waals surface area contributed by atoms with E-state index in [4.69, 9.17) is 4.74 Å². The molecule has 0 fully saturated rings. The molecule has 1 heterocycles. The lowest BCUT2D eigenvalue weighted by Gasteiger charge is -2.10. The van der Waals surface area contributed by atoms with Crippen LogP contribution in [0.2, 0.25) is 0 Å². The van der Waals surface area contributed by atoms with Gasteiger partial charge in [-0.1, -0.05) is 30.3 Å². The molecule has 0 aliphatic carbocycles. The second-order valence-electron chi connectivity index (χ2n) is 3.78. The zero-order valence-corrected chi connectivity index (χ0v) is 8.77. The summed E-state index contributed by atoms with van der Waals surface area (Å²) in [5.41, 5.74) is 0.769. The quantitative estimate of drug-likeness (QED) is 0.704. The maximum Gasteiger partial charge on any atom is 0.166 e. The summed E-state index contributed by atoms with van der Waals surface area (Å²) in [7, 11) is 0. The Labute approximate surface area is 89.6 Å². The van der Waals surface area contributed by atoms with Crippen LogP contribution < -0.4 is 0 Å². The summed E-state index contributed by atoms with van der Waals surface area (Å²) < 4.78 is 5.49. The lowest BCUT2D eigenvalue weighted by Crippen LogP contribution is -2.13. The van der Waals surface area contributed by atoms with E-state index in [0.717, 1.165) is 17.7 Å². The molecule has 2 nitrogen and oxygen atoms in total. The first-order valence-corrected chi connectivity index (χ1v) is 5.17. The van der Waals surface area contributed by atoms with Crippen LogP contribution in [0.25, 0.3) is 0 Å². The van der Waals surface area contributed by atoms with Gasteiger partial charge in [0.05, 0.1) is 5.76 Å². The normalized spacial score (nSPS) is 19.5. The van der Waals surface area contributed by atoms with Crippen LogP contribution in [0.4, 0.5) is 0 Å². The van der Waals surface area contributed by atoms with Crippen LogP contribution in [0.5, 0.6) is 0 Å². The number of Topliss-reactive ketones (excluding diaryl/α,β-unsaturated/α-hetero) is 1. The summed E-state index contributed by atoms with van der Waals surface area (Å²) >= 11 is 0. The maximum absolute atomic E-state index is 11.8. The van der Waals surface area contributed by atoms with E-state index in [1.807, 2.05) is 43.3 Å². The minimum atomic E-state index is 0.0395. The maximum atomic E-state index is 11.8. The highest BCUT2D eigenvalue weighted by Gasteiger charge is 2.19. The molecule has 1 aromatic carbocycles. The van der Waals surface area contributed by atoms with E-state index in [1.165, 1.54) is 0 Å². The lowest BCUT2D eigenvalue weighted by molar-refractivity contribution is 0.0851. The number of ketones is 1. The molecule has 1 aliphatic rings. The Morgan fingerprint density at radius 3 is 2.73 bits per heavy atom. The summed E-state index contributed by atoms with van der Waals surface area (Å²) in [5.74, 6) is 1.09. The fourth-order valence-corrected chi connectivity index (χ4v) is 1.73. The van der Waals surface area contributed by atoms with Gasteiger partial charge >= 0.3 is 0 Å². The van der Waals surface area contributed by atoms with Crippen LogP contribution in [0.1, 0.15) is 30.1 Å². The van der Waals surface area contributed by atoms with Gasteiger partial charge in [-0.3, -0.25) is 4.79 Å². The summed E-state index contributed by atoms with van der Waals surface area (Å²) in [4.78, 5) is 11.8. The van der Waals surface area contributed by atoms with Crippen molar-refractivity contribution in [2.24, 2.45) is 0 Å². The molecule has 0 bridgehead atoms. The van der Waals surface area contributed by atoms with E-state index >= 15 is 0 Å². The number of benzene rings is 1. The molecule has 1 atom stereocenters. The van der Waals surface area contributed by atoms with Crippen LogP contribution in [0.3, 0.4) is 0 Å². The van der Waals surface area contributed by atoms with Crippen LogP contribution in [-0.2, 0) is 4.74 Å². The Balaban J connectivity index is 1.94. The van der Waals surface area contributed by atoms with Crippen molar-refractivity contribution in [1.29, 1.82) is 0 Å². The average molecular weight is 202 g/mol. The van der Waals surface area contributed by atoms with E-state index in [2.05, 4.69) is 0 Å². The van der Waals surface area contributed by atoms with Gasteiger partial charge in [-0.15, -0.1) is 0 Å². The Kier molecular flexibility index (Phi) is 2.86. The van der Waals surface area contributed by atoms with E-state index in [-0.39, 0.29) is 11.9 Å². The number of carbonyl (C=O) groups excluding carboxylic acids is 1. The lowest BCUT2D eigenvalue weighted by atomic mass is 10.0. The van der Waals surface area contributed by atoms with E-state index in [0.29, 0.717) is 6.42 Å². The van der Waals surface area contributed by atoms with Gasteiger partial charge in [-0.2, -0.15) is 0 Å². The number of ether oxygens (including phenoxy) is 1. The first kappa shape index (κ1) is 9.97. The summed E-state index contributed by atoms with van der Waals surface area (Å²) in [6.45, 7) is 1.92. The molecule has 1 aromatic rings. The van der Waals surface area contributed by atoms with E-state index in [9.17, 15) is 4.79 Å². The minimum Gasteiger partial charge on any atom is -0.495 e. The summed E-state index contributed by atoms with van der Waals surface area (Å²) in [6, 6.07) is 9.36. The van der Waals surface area contributed by atoms with Crippen LogP contribution in [-0.4, -0.2) is 11.9 Å². The molecular formula is C13H14O2. The molecule has 0 radical (unpaired) electrons. The van der Waals surface area contributed by atoms with E-state index in [1.54, 1.807) is 0 Å². The van der Waals surface area contributed by atoms with Gasteiger partial charge in [0.15, 0.2) is 5.78 Å². The van der Waals surface area contributed by atoms with Crippen molar-refractivity contribution < 1.29 is 9.53 Å². The predicted octanol–water partition coefficient (Wildman–Crippen LogP) is 2.95. The molecule has 0 saturated carbocycles. The Bertz CT molecular complexity index is 379. The van der Waals surface area contributed by atoms with Gasteiger partial charge in [0.25, 0.3) is 0 Å². The Morgan fingerprint density at radius 2 is 2.13 bits per heavy atom. The molecule has 2 rings (SSSR count). The number of hydrogen-bond acceptors (Lipinski definition) is 2. The van der Waals surface area contributed by atoms with Crippen molar-refractivity contribution in [3.8, 4) is 0 Å². The van der Waals surface area contributed by atoms with Gasteiger partial charge in [0.2, 0.25) is 0 Å². The van der Waals surface area contributed by atoms with Crippen LogP contribution in [0.15, 0.2) is 42.2 Å². The van der Waals surface area contributed by atoms with E-state index < -0.39 is 0 Å². The van der Waals surface area contributed by atoms with Crippen LogP contribution >= 0.6 is 0 Å². The standard InChI is InChI=1S/C13H14O2/c1-10-7-8-12(15-10)9-13(14)11-5-3-2-4-6-11/h2-7,12H,8-9H2,1H3. The highest BCUT2D eigenvalue weighted by atomic mass is 16.5. The third-order valence-corrected chi connectivity index (χ3v) is 2.53. The van der Waals surface area contributed by atoms with Crippen molar-refractivity contribution in [2.75, 3.05) is 0 Å². The molecule has 1 unspecified atom stereocenters. The third-order valence-electron chi connectivity index (χ3n) is 2.53. The minimum absolute atomic E-state index is 0.0395. The number of allylic oxidation sites excluding steroid dienone is 1. The monoisotopic (exact) mass is 202 g/mol. The number of hydrogen-bond donors (Lipinski definition) is 0.